The van der Waals surface area contributed by atoms with Crippen molar-refractivity contribution in [3.05, 3.63) is 53.8 Å². The van der Waals surface area contributed by atoms with Crippen molar-refractivity contribution in [1.29, 1.82) is 0 Å². The quantitative estimate of drug-likeness (QED) is 0.848. The number of halogens is 1. The fraction of sp³-hybridized carbons (Fsp3) is 0.250. The number of hydrogen-bond donors (Lipinski definition) is 1. The average Bonchev–Trinajstić information content (AvgIpc) is 2.27. The fourth-order valence-corrected chi connectivity index (χ4v) is 2.09. The van der Waals surface area contributed by atoms with Crippen molar-refractivity contribution in [3.63, 3.8) is 0 Å². The number of phenolic OH excluding ortho intramolecular Hbond substituents is 1. The molecule has 0 aromatic heterocycles. The summed E-state index contributed by atoms with van der Waals surface area (Å²) in [6.45, 7) is 4.33. The van der Waals surface area contributed by atoms with Crippen molar-refractivity contribution in [3.8, 4) is 16.9 Å². The summed E-state index contributed by atoms with van der Waals surface area (Å²) >= 11 is 0. The van der Waals surface area contributed by atoms with E-state index in [0.717, 1.165) is 18.1 Å². The Bertz CT molecular complexity index is 526. The number of benzene rings is 2. The molecule has 0 aliphatic heterocycles. The van der Waals surface area contributed by atoms with E-state index in [1.54, 1.807) is 6.07 Å². The van der Waals surface area contributed by atoms with Crippen LogP contribution in [0.15, 0.2) is 42.5 Å². The third kappa shape index (κ3) is 3.10. The summed E-state index contributed by atoms with van der Waals surface area (Å²) < 4.78 is 13.3. The first-order valence-electron chi connectivity index (χ1n) is 6.13. The van der Waals surface area contributed by atoms with Crippen LogP contribution in [-0.2, 0) is 6.42 Å². The molecular formula is C16H17FO. The summed E-state index contributed by atoms with van der Waals surface area (Å²) in [6, 6.07) is 12.1. The van der Waals surface area contributed by atoms with Gasteiger partial charge in [0.25, 0.3) is 0 Å². The molecule has 0 amide bonds. The zero-order chi connectivity index (χ0) is 13.1. The molecule has 0 heterocycles. The van der Waals surface area contributed by atoms with Crippen molar-refractivity contribution in [2.75, 3.05) is 0 Å². The highest BCUT2D eigenvalue weighted by Crippen LogP contribution is 2.26. The maximum atomic E-state index is 13.3. The lowest BCUT2D eigenvalue weighted by molar-refractivity contribution is 0.469. The van der Waals surface area contributed by atoms with Gasteiger partial charge in [-0.05, 0) is 41.2 Å². The maximum absolute atomic E-state index is 13.3. The van der Waals surface area contributed by atoms with Gasteiger partial charge < -0.3 is 5.11 Å². The van der Waals surface area contributed by atoms with E-state index in [1.165, 1.54) is 11.6 Å². The Morgan fingerprint density at radius 1 is 1.06 bits per heavy atom. The van der Waals surface area contributed by atoms with Crippen molar-refractivity contribution in [1.82, 2.24) is 0 Å². The van der Waals surface area contributed by atoms with E-state index < -0.39 is 5.82 Å². The molecule has 18 heavy (non-hydrogen) atoms. The molecule has 1 nitrogen and oxygen atoms in total. The topological polar surface area (TPSA) is 20.2 Å². The van der Waals surface area contributed by atoms with E-state index in [4.69, 9.17) is 0 Å². The standard InChI is InChI=1S/C16H17FO/c1-11(2)6-12-4-3-5-13(7-12)14-8-15(17)10-16(18)9-14/h3-5,7-11,18H,6H2,1-2H3. The molecule has 2 aromatic carbocycles. The largest absolute Gasteiger partial charge is 0.508 e. The van der Waals surface area contributed by atoms with Gasteiger partial charge in [-0.3, -0.25) is 0 Å². The second kappa shape index (κ2) is 5.21. The molecule has 0 bridgehead atoms. The summed E-state index contributed by atoms with van der Waals surface area (Å²) in [7, 11) is 0. The fourth-order valence-electron chi connectivity index (χ4n) is 2.09. The van der Waals surface area contributed by atoms with Gasteiger partial charge in [-0.25, -0.2) is 4.39 Å². The van der Waals surface area contributed by atoms with Crippen LogP contribution in [0.25, 0.3) is 11.1 Å². The summed E-state index contributed by atoms with van der Waals surface area (Å²) in [5, 5.41) is 9.43. The minimum atomic E-state index is -0.417. The van der Waals surface area contributed by atoms with Gasteiger partial charge in [0.1, 0.15) is 11.6 Å². The molecule has 0 spiro atoms. The third-order valence-electron chi connectivity index (χ3n) is 2.79. The summed E-state index contributed by atoms with van der Waals surface area (Å²) in [5.74, 6) is 0.125. The zero-order valence-corrected chi connectivity index (χ0v) is 10.7. The lowest BCUT2D eigenvalue weighted by atomic mass is 9.98. The predicted octanol–water partition coefficient (Wildman–Crippen LogP) is 4.40. The first kappa shape index (κ1) is 12.6. The molecule has 1 N–H and O–H groups in total. The molecular weight excluding hydrogens is 227 g/mol. The molecule has 0 atom stereocenters. The van der Waals surface area contributed by atoms with E-state index in [1.807, 2.05) is 18.2 Å². The highest BCUT2D eigenvalue weighted by Gasteiger charge is 2.04. The zero-order valence-electron chi connectivity index (χ0n) is 10.7. The first-order chi connectivity index (χ1) is 8.54. The highest BCUT2D eigenvalue weighted by molar-refractivity contribution is 5.65. The summed E-state index contributed by atoms with van der Waals surface area (Å²) in [5.41, 5.74) is 2.87. The monoisotopic (exact) mass is 244 g/mol. The van der Waals surface area contributed by atoms with Crippen molar-refractivity contribution < 1.29 is 9.50 Å². The molecule has 0 saturated heterocycles. The van der Waals surface area contributed by atoms with Gasteiger partial charge >= 0.3 is 0 Å². The van der Waals surface area contributed by atoms with Gasteiger partial charge in [-0.2, -0.15) is 0 Å². The molecule has 0 aliphatic carbocycles. The van der Waals surface area contributed by atoms with Crippen LogP contribution < -0.4 is 0 Å². The van der Waals surface area contributed by atoms with Crippen molar-refractivity contribution in [2.45, 2.75) is 20.3 Å². The van der Waals surface area contributed by atoms with E-state index in [9.17, 15) is 9.50 Å². The maximum Gasteiger partial charge on any atom is 0.127 e. The van der Waals surface area contributed by atoms with Crippen LogP contribution in [0.2, 0.25) is 0 Å². The molecule has 94 valence electrons. The molecule has 0 fully saturated rings. The van der Waals surface area contributed by atoms with Gasteiger partial charge in [0, 0.05) is 6.07 Å². The minimum absolute atomic E-state index is 0.0423. The number of rotatable bonds is 3. The molecule has 0 radical (unpaired) electrons. The number of aromatic hydroxyl groups is 1. The molecule has 0 unspecified atom stereocenters. The Balaban J connectivity index is 2.38. The Hall–Kier alpha value is -1.83. The second-order valence-electron chi connectivity index (χ2n) is 5.00. The smallest absolute Gasteiger partial charge is 0.127 e. The Labute approximate surface area is 107 Å². The van der Waals surface area contributed by atoms with Crippen LogP contribution in [0.3, 0.4) is 0 Å². The third-order valence-corrected chi connectivity index (χ3v) is 2.79. The van der Waals surface area contributed by atoms with Gasteiger partial charge in [-0.1, -0.05) is 38.1 Å². The Kier molecular flexibility index (Phi) is 3.66. The van der Waals surface area contributed by atoms with E-state index >= 15 is 0 Å². The van der Waals surface area contributed by atoms with E-state index in [2.05, 4.69) is 19.9 Å². The van der Waals surface area contributed by atoms with Crippen molar-refractivity contribution >= 4 is 0 Å². The SMILES string of the molecule is CC(C)Cc1cccc(-c2cc(O)cc(F)c2)c1. The first-order valence-corrected chi connectivity index (χ1v) is 6.13. The van der Waals surface area contributed by atoms with E-state index in [0.29, 0.717) is 11.5 Å². The normalized spacial score (nSPS) is 10.9. The Morgan fingerprint density at radius 3 is 2.50 bits per heavy atom. The predicted molar refractivity (Wildman–Crippen MR) is 72.0 cm³/mol. The van der Waals surface area contributed by atoms with Gasteiger partial charge in [0.2, 0.25) is 0 Å². The van der Waals surface area contributed by atoms with Crippen LogP contribution >= 0.6 is 0 Å². The van der Waals surface area contributed by atoms with Crippen LogP contribution in [0.1, 0.15) is 19.4 Å². The van der Waals surface area contributed by atoms with Gasteiger partial charge in [-0.15, -0.1) is 0 Å². The minimum Gasteiger partial charge on any atom is -0.508 e. The molecule has 2 heteroatoms. The highest BCUT2D eigenvalue weighted by atomic mass is 19.1. The lowest BCUT2D eigenvalue weighted by Crippen LogP contribution is -1.94. The summed E-state index contributed by atoms with van der Waals surface area (Å²) in [6.07, 6.45) is 0.995. The summed E-state index contributed by atoms with van der Waals surface area (Å²) in [4.78, 5) is 0. The van der Waals surface area contributed by atoms with Crippen LogP contribution in [-0.4, -0.2) is 5.11 Å². The Morgan fingerprint density at radius 2 is 1.83 bits per heavy atom. The van der Waals surface area contributed by atoms with Crippen LogP contribution in [0.4, 0.5) is 4.39 Å². The van der Waals surface area contributed by atoms with Crippen LogP contribution in [0, 0.1) is 11.7 Å². The molecule has 2 aromatic rings. The van der Waals surface area contributed by atoms with Gasteiger partial charge in [0.15, 0.2) is 0 Å². The number of phenols is 1. The molecule has 0 saturated carbocycles. The average molecular weight is 244 g/mol. The molecule has 0 aliphatic rings. The second-order valence-corrected chi connectivity index (χ2v) is 5.00. The molecule has 2 rings (SSSR count). The number of hydrogen-bond acceptors (Lipinski definition) is 1. The van der Waals surface area contributed by atoms with Crippen molar-refractivity contribution in [2.24, 2.45) is 5.92 Å². The van der Waals surface area contributed by atoms with E-state index in [-0.39, 0.29) is 5.75 Å². The van der Waals surface area contributed by atoms with Crippen LogP contribution in [0.5, 0.6) is 5.75 Å². The van der Waals surface area contributed by atoms with Gasteiger partial charge in [0.05, 0.1) is 0 Å². The lowest BCUT2D eigenvalue weighted by Gasteiger charge is -2.08.